The van der Waals surface area contributed by atoms with Crippen molar-refractivity contribution in [1.29, 1.82) is 0 Å². The Bertz CT molecular complexity index is 309. The minimum absolute atomic E-state index is 0.573. The monoisotopic (exact) mass is 364 g/mol. The third kappa shape index (κ3) is 2.83. The van der Waals surface area contributed by atoms with Crippen molar-refractivity contribution in [3.8, 4) is 0 Å². The van der Waals surface area contributed by atoms with E-state index in [2.05, 4.69) is 15.9 Å². The summed E-state index contributed by atoms with van der Waals surface area (Å²) in [5.74, 6) is 0. The summed E-state index contributed by atoms with van der Waals surface area (Å²) >= 11 is 5.09. The maximum atomic E-state index is 12.2. The predicted octanol–water partition coefficient (Wildman–Crippen LogP) is 4.20. The van der Waals surface area contributed by atoms with Crippen LogP contribution in [0, 0.1) is 3.57 Å². The minimum Gasteiger partial charge on any atom is -0.166 e. The lowest BCUT2D eigenvalue weighted by molar-refractivity contribution is -0.137. The molecule has 0 aliphatic heterocycles. The number of hydrogen-bond acceptors (Lipinski definition) is 0. The molecule has 0 radical (unpaired) electrons. The Morgan fingerprint density at radius 3 is 2.31 bits per heavy atom. The maximum absolute atomic E-state index is 12.2. The van der Waals surface area contributed by atoms with Crippen molar-refractivity contribution < 1.29 is 13.2 Å². The van der Waals surface area contributed by atoms with Crippen LogP contribution in [0.3, 0.4) is 0 Å². The lowest BCUT2D eigenvalue weighted by atomic mass is 10.1. The quantitative estimate of drug-likeness (QED) is 0.517. The van der Waals surface area contributed by atoms with E-state index in [1.54, 1.807) is 0 Å². The van der Waals surface area contributed by atoms with Crippen molar-refractivity contribution in [3.63, 3.8) is 0 Å². The van der Waals surface area contributed by atoms with E-state index in [0.717, 1.165) is 17.7 Å². The molecular formula is C8H5BrF3I. The van der Waals surface area contributed by atoms with Gasteiger partial charge in [-0.1, -0.05) is 22.0 Å². The molecule has 1 aromatic carbocycles. The summed E-state index contributed by atoms with van der Waals surface area (Å²) in [5, 5.41) is 0.573. The van der Waals surface area contributed by atoms with E-state index >= 15 is 0 Å². The van der Waals surface area contributed by atoms with Gasteiger partial charge < -0.3 is 0 Å². The summed E-state index contributed by atoms with van der Waals surface area (Å²) in [6.07, 6.45) is -4.25. The van der Waals surface area contributed by atoms with Crippen LogP contribution in [0.1, 0.15) is 11.1 Å². The molecule has 1 aromatic rings. The summed E-state index contributed by atoms with van der Waals surface area (Å²) in [4.78, 5) is 0. The zero-order valence-electron chi connectivity index (χ0n) is 6.33. The van der Waals surface area contributed by atoms with E-state index in [0.29, 0.717) is 8.90 Å². The van der Waals surface area contributed by atoms with Crippen LogP contribution in [0.25, 0.3) is 0 Å². The van der Waals surface area contributed by atoms with Crippen LogP contribution in [-0.4, -0.2) is 0 Å². The van der Waals surface area contributed by atoms with Crippen LogP contribution in [0.15, 0.2) is 18.2 Å². The van der Waals surface area contributed by atoms with E-state index in [9.17, 15) is 13.2 Å². The second-order valence-corrected chi connectivity index (χ2v) is 4.16. The van der Waals surface area contributed by atoms with Gasteiger partial charge >= 0.3 is 6.18 Å². The highest BCUT2D eigenvalue weighted by Gasteiger charge is 2.30. The zero-order chi connectivity index (χ0) is 10.1. The van der Waals surface area contributed by atoms with E-state index < -0.39 is 11.7 Å². The minimum atomic E-state index is -4.25. The highest BCUT2D eigenvalue weighted by molar-refractivity contribution is 14.1. The third-order valence-corrected chi connectivity index (χ3v) is 3.13. The van der Waals surface area contributed by atoms with Crippen LogP contribution in [0.5, 0.6) is 0 Å². The van der Waals surface area contributed by atoms with Crippen molar-refractivity contribution in [2.75, 3.05) is 0 Å². The summed E-state index contributed by atoms with van der Waals surface area (Å²) in [6.45, 7) is 0. The number of hydrogen-bond donors (Lipinski definition) is 0. The molecule has 0 amide bonds. The predicted molar refractivity (Wildman–Crippen MR) is 56.8 cm³/mol. The lowest BCUT2D eigenvalue weighted by Gasteiger charge is -2.08. The van der Waals surface area contributed by atoms with Crippen LogP contribution >= 0.6 is 38.5 Å². The van der Waals surface area contributed by atoms with E-state index in [4.69, 9.17) is 0 Å². The molecular weight excluding hydrogens is 360 g/mol. The van der Waals surface area contributed by atoms with Gasteiger partial charge in [-0.25, -0.2) is 0 Å². The third-order valence-electron chi connectivity index (χ3n) is 1.52. The molecule has 13 heavy (non-hydrogen) atoms. The molecule has 1 rings (SSSR count). The van der Waals surface area contributed by atoms with Gasteiger partial charge in [0.15, 0.2) is 0 Å². The van der Waals surface area contributed by atoms with Gasteiger partial charge in [0.2, 0.25) is 0 Å². The van der Waals surface area contributed by atoms with Crippen molar-refractivity contribution in [3.05, 3.63) is 32.9 Å². The Labute approximate surface area is 95.8 Å². The molecule has 0 unspecified atom stereocenters. The van der Waals surface area contributed by atoms with Gasteiger partial charge in [0.25, 0.3) is 0 Å². The summed E-state index contributed by atoms with van der Waals surface area (Å²) in [7, 11) is 0. The van der Waals surface area contributed by atoms with Crippen molar-refractivity contribution in [2.24, 2.45) is 0 Å². The molecule has 72 valence electrons. The Hall–Kier alpha value is 0.220. The number of alkyl halides is 4. The Morgan fingerprint density at radius 2 is 1.92 bits per heavy atom. The molecule has 0 saturated carbocycles. The SMILES string of the molecule is FC(F)(F)c1ccc(CBr)c(I)c1. The highest BCUT2D eigenvalue weighted by Crippen LogP contribution is 2.31. The second kappa shape index (κ2) is 4.16. The van der Waals surface area contributed by atoms with Crippen LogP contribution < -0.4 is 0 Å². The van der Waals surface area contributed by atoms with Gasteiger partial charge in [0, 0.05) is 8.90 Å². The molecule has 0 atom stereocenters. The molecule has 0 aliphatic rings. The van der Waals surface area contributed by atoms with Crippen molar-refractivity contribution >= 4 is 38.5 Å². The smallest absolute Gasteiger partial charge is 0.166 e. The first-order valence-corrected chi connectivity index (χ1v) is 5.56. The van der Waals surface area contributed by atoms with E-state index in [-0.39, 0.29) is 0 Å². The fraction of sp³-hybridized carbons (Fsp3) is 0.250. The lowest BCUT2D eigenvalue weighted by Crippen LogP contribution is -2.05. The fourth-order valence-corrected chi connectivity index (χ4v) is 2.55. The first-order valence-electron chi connectivity index (χ1n) is 3.36. The summed E-state index contributed by atoms with van der Waals surface area (Å²) < 4.78 is 37.2. The van der Waals surface area contributed by atoms with Crippen LogP contribution in [0.4, 0.5) is 13.2 Å². The molecule has 5 heteroatoms. The molecule has 0 N–H and O–H groups in total. The first-order chi connectivity index (χ1) is 5.95. The van der Waals surface area contributed by atoms with Crippen LogP contribution in [0.2, 0.25) is 0 Å². The molecule has 0 saturated heterocycles. The Kier molecular flexibility index (Phi) is 3.62. The van der Waals surface area contributed by atoms with Gasteiger partial charge in [-0.15, -0.1) is 0 Å². The molecule has 0 fully saturated rings. The number of benzene rings is 1. The molecule has 0 spiro atoms. The highest BCUT2D eigenvalue weighted by atomic mass is 127. The molecule has 0 nitrogen and oxygen atoms in total. The summed E-state index contributed by atoms with van der Waals surface area (Å²) in [6, 6.07) is 3.73. The average molecular weight is 365 g/mol. The van der Waals surface area contributed by atoms with Gasteiger partial charge in [-0.05, 0) is 40.3 Å². The Balaban J connectivity index is 3.10. The summed E-state index contributed by atoms with van der Waals surface area (Å²) in [5.41, 5.74) is 0.273. The van der Waals surface area contributed by atoms with Gasteiger partial charge in [-0.3, -0.25) is 0 Å². The molecule has 0 heterocycles. The van der Waals surface area contributed by atoms with Crippen LogP contribution in [-0.2, 0) is 11.5 Å². The van der Waals surface area contributed by atoms with Crippen molar-refractivity contribution in [2.45, 2.75) is 11.5 Å². The molecule has 0 aromatic heterocycles. The largest absolute Gasteiger partial charge is 0.416 e. The average Bonchev–Trinajstić information content (AvgIpc) is 2.02. The van der Waals surface area contributed by atoms with Gasteiger partial charge in [0.1, 0.15) is 0 Å². The van der Waals surface area contributed by atoms with Crippen molar-refractivity contribution in [1.82, 2.24) is 0 Å². The van der Waals surface area contributed by atoms with Gasteiger partial charge in [-0.2, -0.15) is 13.2 Å². The second-order valence-electron chi connectivity index (χ2n) is 2.44. The normalized spacial score (nSPS) is 11.8. The van der Waals surface area contributed by atoms with E-state index in [1.165, 1.54) is 6.07 Å². The maximum Gasteiger partial charge on any atom is 0.416 e. The number of rotatable bonds is 1. The molecule has 0 aliphatic carbocycles. The van der Waals surface area contributed by atoms with Gasteiger partial charge in [0.05, 0.1) is 5.56 Å². The molecule has 0 bridgehead atoms. The fourth-order valence-electron chi connectivity index (χ4n) is 0.832. The van der Waals surface area contributed by atoms with E-state index in [1.807, 2.05) is 22.6 Å². The first kappa shape index (κ1) is 11.3. The topological polar surface area (TPSA) is 0 Å². The standard InChI is InChI=1S/C8H5BrF3I/c9-4-5-1-2-6(3-7(5)13)8(10,11)12/h1-3H,4H2. The zero-order valence-corrected chi connectivity index (χ0v) is 10.1. The Morgan fingerprint density at radius 1 is 1.31 bits per heavy atom. The number of halogens is 5.